The third-order valence-corrected chi connectivity index (χ3v) is 3.43. The maximum atomic E-state index is 3.49. The molecule has 1 aliphatic heterocycles. The molecule has 0 atom stereocenters. The van der Waals surface area contributed by atoms with Gasteiger partial charge in [-0.3, -0.25) is 0 Å². The Hall–Kier alpha value is -0.690. The summed E-state index contributed by atoms with van der Waals surface area (Å²) in [6.07, 6.45) is 4.18. The molecule has 0 radical (unpaired) electrons. The molecule has 1 heterocycles. The summed E-state index contributed by atoms with van der Waals surface area (Å²) < 4.78 is 0. The van der Waals surface area contributed by atoms with E-state index in [0.717, 1.165) is 0 Å². The molecule has 1 spiro atoms. The Labute approximate surface area is 84.9 Å². The first-order valence-electron chi connectivity index (χ1n) is 4.74. The van der Waals surface area contributed by atoms with Crippen molar-refractivity contribution in [2.45, 2.75) is 24.7 Å². The van der Waals surface area contributed by atoms with Crippen LogP contribution in [0.3, 0.4) is 0 Å². The molecule has 13 heavy (non-hydrogen) atoms. The number of fused-ring (bicyclic) bond motifs is 2. The zero-order chi connectivity index (χ0) is 8.02. The summed E-state index contributed by atoms with van der Waals surface area (Å²) in [7, 11) is 0. The van der Waals surface area contributed by atoms with Crippen LogP contribution in [0.2, 0.25) is 0 Å². The smallest absolute Gasteiger partial charge is 0.0379 e. The lowest BCUT2D eigenvalue weighted by Gasteiger charge is -2.38. The van der Waals surface area contributed by atoms with Crippen LogP contribution in [-0.4, -0.2) is 6.54 Å². The predicted octanol–water partition coefficient (Wildman–Crippen LogP) is 2.96. The first-order chi connectivity index (χ1) is 5.91. The van der Waals surface area contributed by atoms with Gasteiger partial charge in [0.15, 0.2) is 0 Å². The van der Waals surface area contributed by atoms with Gasteiger partial charge in [0.05, 0.1) is 0 Å². The first kappa shape index (κ1) is 8.89. The lowest BCUT2D eigenvalue weighted by Crippen LogP contribution is -2.35. The normalized spacial score (nSPS) is 21.2. The monoisotopic (exact) mass is 195 g/mol. The van der Waals surface area contributed by atoms with Gasteiger partial charge in [0.1, 0.15) is 0 Å². The average molecular weight is 196 g/mol. The van der Waals surface area contributed by atoms with Gasteiger partial charge in [-0.25, -0.2) is 0 Å². The number of halogens is 1. The van der Waals surface area contributed by atoms with Crippen molar-refractivity contribution in [1.82, 2.24) is 0 Å². The number of hydrogen-bond acceptors (Lipinski definition) is 1. The van der Waals surface area contributed by atoms with Crippen molar-refractivity contribution in [2.75, 3.05) is 11.9 Å². The standard InChI is InChI=1S/C11H13N.ClH/c1-2-5-10-9(4-1)11(8-12-10)6-3-7-11;/h1-2,4-5,12H,3,6-8H2;1H. The number of anilines is 1. The highest BCUT2D eigenvalue weighted by atomic mass is 35.5. The van der Waals surface area contributed by atoms with E-state index < -0.39 is 0 Å². The Morgan fingerprint density at radius 2 is 1.92 bits per heavy atom. The van der Waals surface area contributed by atoms with Crippen LogP contribution in [-0.2, 0) is 5.41 Å². The fourth-order valence-electron chi connectivity index (χ4n) is 2.51. The van der Waals surface area contributed by atoms with Crippen molar-refractivity contribution in [2.24, 2.45) is 0 Å². The molecule has 2 aliphatic rings. The number of nitrogens with one attached hydrogen (secondary N) is 1. The van der Waals surface area contributed by atoms with Gasteiger partial charge in [0.25, 0.3) is 0 Å². The van der Waals surface area contributed by atoms with E-state index >= 15 is 0 Å². The Morgan fingerprint density at radius 3 is 2.62 bits per heavy atom. The van der Waals surface area contributed by atoms with E-state index in [1.54, 1.807) is 5.56 Å². The molecular weight excluding hydrogens is 182 g/mol. The van der Waals surface area contributed by atoms with E-state index in [9.17, 15) is 0 Å². The molecule has 70 valence electrons. The van der Waals surface area contributed by atoms with Crippen LogP contribution in [0, 0.1) is 0 Å². The van der Waals surface area contributed by atoms with Crippen molar-refractivity contribution >= 4 is 18.1 Å². The Balaban J connectivity index is 0.000000653. The molecule has 3 rings (SSSR count). The van der Waals surface area contributed by atoms with Gasteiger partial charge < -0.3 is 5.32 Å². The summed E-state index contributed by atoms with van der Waals surface area (Å²) in [5.41, 5.74) is 3.48. The van der Waals surface area contributed by atoms with Crippen molar-refractivity contribution in [3.8, 4) is 0 Å². The molecule has 1 aromatic rings. The number of benzene rings is 1. The summed E-state index contributed by atoms with van der Waals surface area (Å²) in [4.78, 5) is 0. The highest BCUT2D eigenvalue weighted by Gasteiger charge is 2.43. The molecule has 1 nitrogen and oxygen atoms in total. The Bertz CT molecular complexity index is 318. The van der Waals surface area contributed by atoms with Gasteiger partial charge in [0, 0.05) is 17.6 Å². The molecule has 0 amide bonds. The maximum absolute atomic E-state index is 3.49. The van der Waals surface area contributed by atoms with Gasteiger partial charge in [-0.1, -0.05) is 24.6 Å². The van der Waals surface area contributed by atoms with Crippen LogP contribution in [0.25, 0.3) is 0 Å². The van der Waals surface area contributed by atoms with Gasteiger partial charge in [0.2, 0.25) is 0 Å². The number of rotatable bonds is 0. The average Bonchev–Trinajstić information content (AvgIpc) is 2.42. The summed E-state index contributed by atoms with van der Waals surface area (Å²) in [6, 6.07) is 8.76. The zero-order valence-corrected chi connectivity index (χ0v) is 8.36. The van der Waals surface area contributed by atoms with E-state index in [0.29, 0.717) is 5.41 Å². The van der Waals surface area contributed by atoms with Crippen molar-refractivity contribution in [1.29, 1.82) is 0 Å². The van der Waals surface area contributed by atoms with Gasteiger partial charge >= 0.3 is 0 Å². The van der Waals surface area contributed by atoms with E-state index in [4.69, 9.17) is 0 Å². The van der Waals surface area contributed by atoms with Crippen LogP contribution in [0.5, 0.6) is 0 Å². The van der Waals surface area contributed by atoms with E-state index in [1.807, 2.05) is 0 Å². The SMILES string of the molecule is Cl.c1ccc2c(c1)NCC21CCC1. The molecule has 1 fully saturated rings. The molecule has 0 saturated heterocycles. The van der Waals surface area contributed by atoms with Crippen molar-refractivity contribution < 1.29 is 0 Å². The van der Waals surface area contributed by atoms with E-state index in [-0.39, 0.29) is 12.4 Å². The topological polar surface area (TPSA) is 12.0 Å². The van der Waals surface area contributed by atoms with Gasteiger partial charge in [-0.15, -0.1) is 12.4 Å². The van der Waals surface area contributed by atoms with Gasteiger partial charge in [-0.05, 0) is 24.5 Å². The molecule has 0 bridgehead atoms. The fourth-order valence-corrected chi connectivity index (χ4v) is 2.51. The second-order valence-electron chi connectivity index (χ2n) is 4.03. The minimum atomic E-state index is 0. The van der Waals surface area contributed by atoms with Crippen LogP contribution in [0.1, 0.15) is 24.8 Å². The lowest BCUT2D eigenvalue weighted by atomic mass is 9.66. The van der Waals surface area contributed by atoms with Crippen LogP contribution >= 0.6 is 12.4 Å². The Morgan fingerprint density at radius 1 is 1.15 bits per heavy atom. The first-order valence-corrected chi connectivity index (χ1v) is 4.74. The van der Waals surface area contributed by atoms with Crippen molar-refractivity contribution in [3.05, 3.63) is 29.8 Å². The molecule has 0 aromatic heterocycles. The molecule has 2 heteroatoms. The second kappa shape index (κ2) is 2.91. The lowest BCUT2D eigenvalue weighted by molar-refractivity contribution is 0.272. The third-order valence-electron chi connectivity index (χ3n) is 3.43. The second-order valence-corrected chi connectivity index (χ2v) is 4.03. The number of hydrogen-bond donors (Lipinski definition) is 1. The summed E-state index contributed by atoms with van der Waals surface area (Å²) in [6.45, 7) is 1.17. The Kier molecular flexibility index (Phi) is 1.99. The molecule has 0 unspecified atom stereocenters. The summed E-state index contributed by atoms with van der Waals surface area (Å²) >= 11 is 0. The molecule has 1 aromatic carbocycles. The predicted molar refractivity (Wildman–Crippen MR) is 57.7 cm³/mol. The maximum Gasteiger partial charge on any atom is 0.0379 e. The molecular formula is C11H14ClN. The summed E-state index contributed by atoms with van der Waals surface area (Å²) in [5, 5.41) is 3.49. The summed E-state index contributed by atoms with van der Waals surface area (Å²) in [5.74, 6) is 0. The van der Waals surface area contributed by atoms with Crippen LogP contribution < -0.4 is 5.32 Å². The van der Waals surface area contributed by atoms with Gasteiger partial charge in [-0.2, -0.15) is 0 Å². The minimum absolute atomic E-state index is 0. The van der Waals surface area contributed by atoms with Crippen LogP contribution in [0.15, 0.2) is 24.3 Å². The molecule has 1 aliphatic carbocycles. The number of para-hydroxylation sites is 1. The highest BCUT2D eigenvalue weighted by Crippen LogP contribution is 2.49. The molecule has 1 saturated carbocycles. The largest absolute Gasteiger partial charge is 0.384 e. The van der Waals surface area contributed by atoms with Crippen LogP contribution in [0.4, 0.5) is 5.69 Å². The zero-order valence-electron chi connectivity index (χ0n) is 7.55. The fraction of sp³-hybridized carbons (Fsp3) is 0.455. The molecule has 1 N–H and O–H groups in total. The highest BCUT2D eigenvalue weighted by molar-refractivity contribution is 5.85. The third kappa shape index (κ3) is 1.07. The van der Waals surface area contributed by atoms with E-state index in [1.165, 1.54) is 31.5 Å². The van der Waals surface area contributed by atoms with E-state index in [2.05, 4.69) is 29.6 Å². The quantitative estimate of drug-likeness (QED) is 0.671. The van der Waals surface area contributed by atoms with Crippen molar-refractivity contribution in [3.63, 3.8) is 0 Å². The minimum Gasteiger partial charge on any atom is -0.384 e.